The zero-order valence-electron chi connectivity index (χ0n) is 41.8. The van der Waals surface area contributed by atoms with Crippen molar-refractivity contribution < 1.29 is 24.3 Å². The lowest BCUT2D eigenvalue weighted by Crippen LogP contribution is -2.52. The number of aliphatic hydroxyl groups is 1. The number of imide groups is 1. The van der Waals surface area contributed by atoms with E-state index in [0.717, 1.165) is 107 Å². The lowest BCUT2D eigenvalue weighted by molar-refractivity contribution is -0.136. The predicted molar refractivity (Wildman–Crippen MR) is 274 cm³/mol. The van der Waals surface area contributed by atoms with E-state index in [4.69, 9.17) is 9.97 Å². The molecule has 14 heteroatoms. The fourth-order valence-electron chi connectivity index (χ4n) is 12.4. The molecular weight excluding hydrogens is 891 g/mol. The molecule has 1 saturated carbocycles. The number of piperidine rings is 2. The van der Waals surface area contributed by atoms with Gasteiger partial charge in [0, 0.05) is 111 Å². The van der Waals surface area contributed by atoms with Crippen LogP contribution in [0.15, 0.2) is 73.1 Å². The van der Waals surface area contributed by atoms with Crippen LogP contribution in [-0.4, -0.2) is 112 Å². The van der Waals surface area contributed by atoms with Crippen molar-refractivity contribution in [3.05, 3.63) is 106 Å². The molecule has 5 aliphatic rings. The number of amides is 4. The Bertz CT molecular complexity index is 3070. The summed E-state index contributed by atoms with van der Waals surface area (Å²) in [6, 6.07) is 20.1. The summed E-state index contributed by atoms with van der Waals surface area (Å²) in [5.74, 6) is -0.493. The number of fused-ring (bicyclic) bond motifs is 4. The molecule has 2 aromatic carbocycles. The van der Waals surface area contributed by atoms with Crippen molar-refractivity contribution in [3.63, 3.8) is 0 Å². The van der Waals surface area contributed by atoms with Gasteiger partial charge < -0.3 is 24.0 Å². The van der Waals surface area contributed by atoms with Crippen molar-refractivity contribution in [2.24, 2.45) is 25.4 Å². The molecule has 2 unspecified atom stereocenters. The van der Waals surface area contributed by atoms with Crippen molar-refractivity contribution in [3.8, 4) is 22.5 Å². The van der Waals surface area contributed by atoms with E-state index in [9.17, 15) is 24.3 Å². The molecule has 11 rings (SSSR count). The maximum Gasteiger partial charge on any atom is 0.255 e. The van der Waals surface area contributed by atoms with Crippen molar-refractivity contribution in [1.82, 2.24) is 44.0 Å². The number of pyridine rings is 2. The Balaban J connectivity index is 0.753. The smallest absolute Gasteiger partial charge is 0.255 e. The number of benzene rings is 2. The monoisotopic (exact) mass is 958 g/mol. The van der Waals surface area contributed by atoms with Crippen LogP contribution in [0, 0.1) is 11.3 Å². The Labute approximate surface area is 416 Å². The van der Waals surface area contributed by atoms with Gasteiger partial charge in [-0.3, -0.25) is 34.3 Å². The Hall–Kier alpha value is -6.22. The van der Waals surface area contributed by atoms with Crippen LogP contribution in [0.25, 0.3) is 44.6 Å². The quantitative estimate of drug-likeness (QED) is 0.0922. The van der Waals surface area contributed by atoms with Crippen molar-refractivity contribution in [1.29, 1.82) is 0 Å². The minimum Gasteiger partial charge on any atom is -0.395 e. The van der Waals surface area contributed by atoms with Gasteiger partial charge in [0.25, 0.3) is 11.8 Å². The number of aliphatic hydroxyl groups excluding tert-OH is 1. The number of rotatable bonds is 16. The fourth-order valence-corrected chi connectivity index (χ4v) is 12.4. The van der Waals surface area contributed by atoms with Gasteiger partial charge in [-0.15, -0.1) is 0 Å². The number of carbonyl (C=O) groups is 4. The van der Waals surface area contributed by atoms with Gasteiger partial charge in [-0.1, -0.05) is 31.9 Å². The van der Waals surface area contributed by atoms with Crippen LogP contribution in [-0.2, 0) is 49.9 Å². The van der Waals surface area contributed by atoms with E-state index >= 15 is 0 Å². The molecule has 1 aliphatic carbocycles. The average Bonchev–Trinajstić information content (AvgIpc) is 4.12. The Morgan fingerprint density at radius 3 is 2.04 bits per heavy atom. The third-order valence-corrected chi connectivity index (χ3v) is 17.1. The van der Waals surface area contributed by atoms with Gasteiger partial charge in [0.15, 0.2) is 0 Å². The lowest BCUT2D eigenvalue weighted by Gasteiger charge is -2.48. The third-order valence-electron chi connectivity index (χ3n) is 17.1. The molecule has 2 saturated heterocycles. The van der Waals surface area contributed by atoms with Crippen LogP contribution in [0.3, 0.4) is 0 Å². The highest BCUT2D eigenvalue weighted by molar-refractivity contribution is 6.05. The molecule has 370 valence electrons. The number of hydrogen-bond donors (Lipinski definition) is 2. The first-order valence-corrected chi connectivity index (χ1v) is 26.0. The first-order chi connectivity index (χ1) is 34.4. The van der Waals surface area contributed by atoms with E-state index in [1.807, 2.05) is 47.0 Å². The Morgan fingerprint density at radius 1 is 0.789 bits per heavy atom. The van der Waals surface area contributed by atoms with Gasteiger partial charge in [-0.05, 0) is 147 Å². The summed E-state index contributed by atoms with van der Waals surface area (Å²) in [5, 5.41) is 15.0. The number of nitrogens with one attached hydrogen (secondary N) is 1. The average molecular weight is 958 g/mol. The Morgan fingerprint density at radius 2 is 1.42 bits per heavy atom. The summed E-state index contributed by atoms with van der Waals surface area (Å²) < 4.78 is 4.14. The van der Waals surface area contributed by atoms with Gasteiger partial charge in [0.1, 0.15) is 17.3 Å². The fraction of sp³-hybridized carbons (Fsp3) is 0.474. The number of nitrogens with zero attached hydrogens (tertiary/aromatic N) is 8. The second kappa shape index (κ2) is 19.1. The number of hydrogen-bond acceptors (Lipinski definition) is 9. The highest BCUT2D eigenvalue weighted by atomic mass is 16.3. The summed E-state index contributed by atoms with van der Waals surface area (Å²) in [6.45, 7) is 10.5. The van der Waals surface area contributed by atoms with E-state index < -0.39 is 11.9 Å². The van der Waals surface area contributed by atoms with E-state index in [0.29, 0.717) is 49.5 Å². The largest absolute Gasteiger partial charge is 0.395 e. The van der Waals surface area contributed by atoms with Crippen LogP contribution in [0.2, 0.25) is 0 Å². The van der Waals surface area contributed by atoms with Gasteiger partial charge in [-0.2, -0.15) is 0 Å². The molecule has 4 aliphatic heterocycles. The zero-order chi connectivity index (χ0) is 49.1. The second-order valence-electron chi connectivity index (χ2n) is 21.5. The summed E-state index contributed by atoms with van der Waals surface area (Å²) in [4.78, 5) is 70.9. The molecule has 2 N–H and O–H groups in total. The van der Waals surface area contributed by atoms with Crippen LogP contribution < -0.4 is 5.32 Å². The normalized spacial score (nSPS) is 19.8. The molecule has 0 bridgehead atoms. The number of aryl methyl sites for hydroxylation is 2. The third kappa shape index (κ3) is 8.97. The molecule has 6 aromatic rings. The van der Waals surface area contributed by atoms with Crippen molar-refractivity contribution >= 4 is 45.7 Å². The van der Waals surface area contributed by atoms with E-state index in [1.54, 1.807) is 4.90 Å². The number of likely N-dealkylation sites (tertiary alicyclic amines) is 1. The summed E-state index contributed by atoms with van der Waals surface area (Å²) in [6.07, 6.45) is 14.3. The van der Waals surface area contributed by atoms with Crippen molar-refractivity contribution in [2.45, 2.75) is 116 Å². The molecule has 0 radical (unpaired) electrons. The van der Waals surface area contributed by atoms with Gasteiger partial charge in [-0.25, -0.2) is 9.97 Å². The number of aromatic nitrogens is 4. The van der Waals surface area contributed by atoms with Gasteiger partial charge >= 0.3 is 0 Å². The predicted octanol–water partition coefficient (Wildman–Crippen LogP) is 7.97. The lowest BCUT2D eigenvalue weighted by atomic mass is 9.63. The molecule has 1 spiro atoms. The van der Waals surface area contributed by atoms with Crippen LogP contribution in [0.5, 0.6) is 0 Å². The van der Waals surface area contributed by atoms with E-state index in [2.05, 4.69) is 83.2 Å². The first-order valence-electron chi connectivity index (χ1n) is 26.0. The maximum atomic E-state index is 14.0. The zero-order valence-corrected chi connectivity index (χ0v) is 41.8. The minimum absolute atomic E-state index is 0.0304. The minimum atomic E-state index is -0.677. The highest BCUT2D eigenvalue weighted by Crippen LogP contribution is 2.49. The summed E-state index contributed by atoms with van der Waals surface area (Å²) in [5.41, 5.74) is 11.8. The molecule has 4 amide bonds. The molecule has 8 heterocycles. The maximum absolute atomic E-state index is 14.0. The van der Waals surface area contributed by atoms with Crippen molar-refractivity contribution in [2.75, 3.05) is 32.8 Å². The standard InChI is InChI=1S/C57H67N9O5/c1-5-37(31-64(25-26-67)33-43-30-49(59-53-45(43)16-22-62(53)4)39-10-12-47-41(28-39)35-66(56(47)71)50-13-14-51(68)60-54(50)69)8-7-36(2)65-34-40-27-38(9-11-46(40)55(65)70)48-29-42(44-15-21-61(3)52(44)58-48)32-63-23-19-57(20-24-63)17-6-18-57/h9-12,15-16,21-22,27-30,36-37,50,67H,5-8,13-14,17-20,23-26,31-35H2,1-4H3,(H,60,68,69)/t36-,37?,50?/m0/s1. The van der Waals surface area contributed by atoms with Crippen LogP contribution in [0.4, 0.5) is 0 Å². The summed E-state index contributed by atoms with van der Waals surface area (Å²) >= 11 is 0. The molecule has 3 atom stereocenters. The highest BCUT2D eigenvalue weighted by Gasteiger charge is 2.41. The van der Waals surface area contributed by atoms with E-state index in [-0.39, 0.29) is 36.8 Å². The summed E-state index contributed by atoms with van der Waals surface area (Å²) in [7, 11) is 4.06. The Kier molecular flexibility index (Phi) is 12.7. The number of carbonyl (C=O) groups excluding carboxylic acids is 4. The molecule has 71 heavy (non-hydrogen) atoms. The first kappa shape index (κ1) is 47.1. The topological polar surface area (TPSA) is 149 Å². The SMILES string of the molecule is CCC(CC[C@H](C)N1Cc2cc(-c3cc(CN4CCC5(CCC5)CC4)c4ccn(C)c4n3)ccc2C1=O)CN(CCO)Cc1cc(-c2ccc3c(c2)CN(C2CCC(=O)NC2=O)C3=O)nc2c1ccn2C. The molecular formula is C57H67N9O5. The van der Waals surface area contributed by atoms with Crippen LogP contribution in [0.1, 0.15) is 121 Å². The van der Waals surface area contributed by atoms with Gasteiger partial charge in [0.05, 0.1) is 18.0 Å². The molecule has 14 nitrogen and oxygen atoms in total. The van der Waals surface area contributed by atoms with Crippen LogP contribution >= 0.6 is 0 Å². The van der Waals surface area contributed by atoms with Gasteiger partial charge in [0.2, 0.25) is 11.8 Å². The molecule has 4 aromatic heterocycles. The van der Waals surface area contributed by atoms with E-state index in [1.165, 1.54) is 43.1 Å². The molecule has 3 fully saturated rings. The second-order valence-corrected chi connectivity index (χ2v) is 21.5.